The SMILES string of the molecule is CC1(C)OB(C(=Cc2ccc3nc(N)sc3c2)CO)OC1(C)C. The van der Waals surface area contributed by atoms with Crippen molar-refractivity contribution in [2.75, 3.05) is 12.3 Å². The van der Waals surface area contributed by atoms with Crippen LogP contribution in [-0.2, 0) is 9.31 Å². The predicted molar refractivity (Wildman–Crippen MR) is 95.2 cm³/mol. The fourth-order valence-electron chi connectivity index (χ4n) is 2.45. The maximum absolute atomic E-state index is 9.75. The first kappa shape index (κ1) is 16.5. The van der Waals surface area contributed by atoms with Crippen molar-refractivity contribution < 1.29 is 14.4 Å². The molecule has 1 aliphatic heterocycles. The highest BCUT2D eigenvalue weighted by Crippen LogP contribution is 2.38. The fourth-order valence-corrected chi connectivity index (χ4v) is 3.23. The van der Waals surface area contributed by atoms with E-state index in [0.717, 1.165) is 15.8 Å². The van der Waals surface area contributed by atoms with Crippen LogP contribution >= 0.6 is 11.3 Å². The number of anilines is 1. The van der Waals surface area contributed by atoms with Crippen LogP contribution in [0.25, 0.3) is 16.3 Å². The number of aliphatic hydroxyl groups excluding tert-OH is 1. The number of thiazole rings is 1. The third kappa shape index (κ3) is 3.02. The van der Waals surface area contributed by atoms with Gasteiger partial charge >= 0.3 is 7.12 Å². The summed E-state index contributed by atoms with van der Waals surface area (Å²) >= 11 is 1.45. The van der Waals surface area contributed by atoms with Gasteiger partial charge in [0.1, 0.15) is 0 Å². The molecule has 3 rings (SSSR count). The number of nitrogens with two attached hydrogens (primary N) is 1. The van der Waals surface area contributed by atoms with Crippen molar-refractivity contribution in [2.45, 2.75) is 38.9 Å². The second kappa shape index (κ2) is 5.59. The van der Waals surface area contributed by atoms with Crippen molar-refractivity contribution >= 4 is 39.9 Å². The van der Waals surface area contributed by atoms with Gasteiger partial charge in [0.25, 0.3) is 0 Å². The molecule has 0 saturated carbocycles. The Morgan fingerprint density at radius 1 is 1.30 bits per heavy atom. The molecule has 1 saturated heterocycles. The van der Waals surface area contributed by atoms with Gasteiger partial charge in [0.15, 0.2) is 5.13 Å². The minimum absolute atomic E-state index is 0.125. The molecule has 1 aromatic carbocycles. The van der Waals surface area contributed by atoms with Gasteiger partial charge in [0, 0.05) is 0 Å². The van der Waals surface area contributed by atoms with Crippen LogP contribution in [0.4, 0.5) is 5.13 Å². The zero-order valence-electron chi connectivity index (χ0n) is 13.8. The highest BCUT2D eigenvalue weighted by atomic mass is 32.1. The predicted octanol–water partition coefficient (Wildman–Crippen LogP) is 2.89. The Balaban J connectivity index is 1.92. The molecule has 2 heterocycles. The van der Waals surface area contributed by atoms with Crippen molar-refractivity contribution in [2.24, 2.45) is 0 Å². The molecular formula is C16H21BN2O3S. The van der Waals surface area contributed by atoms with Gasteiger partial charge in [0.05, 0.1) is 28.0 Å². The van der Waals surface area contributed by atoms with E-state index < -0.39 is 18.3 Å². The summed E-state index contributed by atoms with van der Waals surface area (Å²) in [5.41, 5.74) is 7.42. The van der Waals surface area contributed by atoms with E-state index in [1.807, 2.05) is 52.0 Å². The van der Waals surface area contributed by atoms with Crippen LogP contribution in [0.1, 0.15) is 33.3 Å². The lowest BCUT2D eigenvalue weighted by Gasteiger charge is -2.32. The summed E-state index contributed by atoms with van der Waals surface area (Å²) in [6.07, 6.45) is 1.90. The van der Waals surface area contributed by atoms with E-state index in [2.05, 4.69) is 4.98 Å². The van der Waals surface area contributed by atoms with Crippen molar-refractivity contribution in [3.8, 4) is 0 Å². The number of rotatable bonds is 3. The first-order valence-corrected chi connectivity index (χ1v) is 8.36. The second-order valence-corrected chi connectivity index (χ2v) is 7.81. The fraction of sp³-hybridized carbons (Fsp3) is 0.438. The van der Waals surface area contributed by atoms with Crippen molar-refractivity contribution in [1.29, 1.82) is 0 Å². The summed E-state index contributed by atoms with van der Waals surface area (Å²) < 4.78 is 13.0. The maximum Gasteiger partial charge on any atom is 0.492 e. The average molecular weight is 332 g/mol. The molecule has 1 fully saturated rings. The molecule has 0 amide bonds. The number of hydrogen-bond acceptors (Lipinski definition) is 6. The first-order chi connectivity index (χ1) is 10.7. The molecule has 0 spiro atoms. The van der Waals surface area contributed by atoms with Crippen molar-refractivity contribution in [1.82, 2.24) is 4.98 Å². The van der Waals surface area contributed by atoms with Gasteiger partial charge in [-0.25, -0.2) is 4.98 Å². The normalized spacial score (nSPS) is 20.4. The smallest absolute Gasteiger partial charge is 0.400 e. The summed E-state index contributed by atoms with van der Waals surface area (Å²) in [5, 5.41) is 10.3. The number of fused-ring (bicyclic) bond motifs is 1. The largest absolute Gasteiger partial charge is 0.492 e. The third-order valence-electron chi connectivity index (χ3n) is 4.52. The van der Waals surface area contributed by atoms with Gasteiger partial charge < -0.3 is 20.1 Å². The van der Waals surface area contributed by atoms with E-state index in [-0.39, 0.29) is 6.61 Å². The lowest BCUT2D eigenvalue weighted by atomic mass is 9.77. The maximum atomic E-state index is 9.75. The van der Waals surface area contributed by atoms with Crippen LogP contribution < -0.4 is 5.73 Å². The Morgan fingerprint density at radius 2 is 1.96 bits per heavy atom. The number of aromatic nitrogens is 1. The molecule has 0 unspecified atom stereocenters. The molecule has 2 aromatic rings. The average Bonchev–Trinajstić information content (AvgIpc) is 2.91. The highest BCUT2D eigenvalue weighted by molar-refractivity contribution is 7.22. The molecule has 0 aliphatic carbocycles. The van der Waals surface area contributed by atoms with Crippen molar-refractivity contribution in [3.05, 3.63) is 29.2 Å². The van der Waals surface area contributed by atoms with E-state index in [9.17, 15) is 5.11 Å². The molecule has 0 bridgehead atoms. The van der Waals surface area contributed by atoms with Gasteiger partial charge in [0.2, 0.25) is 0 Å². The molecule has 23 heavy (non-hydrogen) atoms. The van der Waals surface area contributed by atoms with Gasteiger partial charge in [-0.15, -0.1) is 0 Å². The molecule has 7 heteroatoms. The molecule has 122 valence electrons. The minimum atomic E-state index is -0.549. The van der Waals surface area contributed by atoms with Crippen LogP contribution in [0.2, 0.25) is 0 Å². The number of nitrogens with zero attached hydrogens (tertiary/aromatic N) is 1. The summed E-state index contributed by atoms with van der Waals surface area (Å²) in [5.74, 6) is 0. The lowest BCUT2D eigenvalue weighted by Crippen LogP contribution is -2.41. The van der Waals surface area contributed by atoms with Gasteiger partial charge in [-0.1, -0.05) is 23.5 Å². The topological polar surface area (TPSA) is 77.6 Å². The van der Waals surface area contributed by atoms with Crippen LogP contribution in [-0.4, -0.2) is 35.0 Å². The van der Waals surface area contributed by atoms with E-state index >= 15 is 0 Å². The monoisotopic (exact) mass is 332 g/mol. The number of nitrogen functional groups attached to an aromatic ring is 1. The zero-order chi connectivity index (χ0) is 16.8. The Hall–Kier alpha value is -1.41. The zero-order valence-corrected chi connectivity index (χ0v) is 14.6. The molecule has 1 aliphatic rings. The van der Waals surface area contributed by atoms with Gasteiger partial charge in [-0.05, 0) is 50.9 Å². The Bertz CT molecular complexity index is 754. The van der Waals surface area contributed by atoms with Crippen LogP contribution in [0.5, 0.6) is 0 Å². The highest BCUT2D eigenvalue weighted by Gasteiger charge is 2.52. The van der Waals surface area contributed by atoms with Crippen LogP contribution in [0.15, 0.2) is 23.7 Å². The van der Waals surface area contributed by atoms with Gasteiger partial charge in [-0.3, -0.25) is 0 Å². The summed E-state index contributed by atoms with van der Waals surface area (Å²) in [7, 11) is -0.549. The molecular weight excluding hydrogens is 311 g/mol. The summed E-state index contributed by atoms with van der Waals surface area (Å²) in [6, 6.07) is 5.87. The van der Waals surface area contributed by atoms with Gasteiger partial charge in [-0.2, -0.15) is 0 Å². The quantitative estimate of drug-likeness (QED) is 0.845. The molecule has 5 nitrogen and oxygen atoms in total. The number of aliphatic hydroxyl groups is 1. The van der Waals surface area contributed by atoms with Crippen molar-refractivity contribution in [3.63, 3.8) is 0 Å². The standard InChI is InChI=1S/C16H21BN2O3S/c1-15(2)16(3,4)22-17(21-15)11(9-20)7-10-5-6-12-13(8-10)23-14(18)19-12/h5-8,20H,9H2,1-4H3,(H2,18,19). The minimum Gasteiger partial charge on any atom is -0.400 e. The first-order valence-electron chi connectivity index (χ1n) is 7.55. The van der Waals surface area contributed by atoms with E-state index in [1.54, 1.807) is 0 Å². The van der Waals surface area contributed by atoms with E-state index in [0.29, 0.717) is 10.6 Å². The van der Waals surface area contributed by atoms with Crippen LogP contribution in [0, 0.1) is 0 Å². The third-order valence-corrected chi connectivity index (χ3v) is 5.37. The van der Waals surface area contributed by atoms with E-state index in [4.69, 9.17) is 15.0 Å². The Morgan fingerprint density at radius 3 is 2.57 bits per heavy atom. The number of benzene rings is 1. The summed E-state index contributed by atoms with van der Waals surface area (Å²) in [6.45, 7) is 7.85. The second-order valence-electron chi connectivity index (χ2n) is 6.74. The number of hydrogen-bond donors (Lipinski definition) is 2. The Kier molecular flexibility index (Phi) is 4.00. The molecule has 1 aromatic heterocycles. The van der Waals surface area contributed by atoms with Crippen LogP contribution in [0.3, 0.4) is 0 Å². The lowest BCUT2D eigenvalue weighted by molar-refractivity contribution is 0.00578. The molecule has 3 N–H and O–H groups in total. The summed E-state index contributed by atoms with van der Waals surface area (Å²) in [4.78, 5) is 4.25. The Labute approximate surface area is 140 Å². The molecule has 0 atom stereocenters. The molecule has 0 radical (unpaired) electrons. The van der Waals surface area contributed by atoms with E-state index in [1.165, 1.54) is 11.3 Å².